The van der Waals surface area contributed by atoms with Crippen LogP contribution < -0.4 is 20.1 Å². The van der Waals surface area contributed by atoms with Crippen molar-refractivity contribution in [3.05, 3.63) is 35.2 Å². The zero-order chi connectivity index (χ0) is 25.7. The van der Waals surface area contributed by atoms with E-state index in [0.29, 0.717) is 29.6 Å². The van der Waals surface area contributed by atoms with Gasteiger partial charge in [-0.1, -0.05) is 5.16 Å². The highest BCUT2D eigenvalue weighted by Gasteiger charge is 2.23. The topological polar surface area (TPSA) is 124 Å². The third-order valence-electron chi connectivity index (χ3n) is 6.23. The number of rotatable bonds is 10. The number of anilines is 1. The van der Waals surface area contributed by atoms with E-state index >= 15 is 0 Å². The van der Waals surface area contributed by atoms with Crippen molar-refractivity contribution < 1.29 is 23.8 Å². The SMILES string of the molecule is CNCC(O)COc1cc(OC)cc(-c2nc(NC3CCOCC3)c(C)c(-c3c(C)noc3C)n2)c1. The van der Waals surface area contributed by atoms with Crippen molar-refractivity contribution in [1.29, 1.82) is 0 Å². The van der Waals surface area contributed by atoms with Crippen LogP contribution in [0.15, 0.2) is 22.7 Å². The minimum Gasteiger partial charge on any atom is -0.497 e. The van der Waals surface area contributed by atoms with Crippen LogP contribution in [-0.4, -0.2) is 72.9 Å². The molecule has 0 bridgehead atoms. The van der Waals surface area contributed by atoms with Gasteiger partial charge < -0.3 is 34.5 Å². The van der Waals surface area contributed by atoms with Gasteiger partial charge in [0.15, 0.2) is 5.82 Å². The van der Waals surface area contributed by atoms with Gasteiger partial charge >= 0.3 is 0 Å². The number of aliphatic hydroxyl groups is 1. The molecule has 3 aromatic rings. The summed E-state index contributed by atoms with van der Waals surface area (Å²) in [6, 6.07) is 5.77. The first-order chi connectivity index (χ1) is 17.4. The summed E-state index contributed by atoms with van der Waals surface area (Å²) in [5.41, 5.74) is 4.05. The maximum absolute atomic E-state index is 10.1. The summed E-state index contributed by atoms with van der Waals surface area (Å²) in [5, 5.41) is 20.8. The van der Waals surface area contributed by atoms with E-state index in [-0.39, 0.29) is 12.6 Å². The van der Waals surface area contributed by atoms with Gasteiger partial charge in [0.2, 0.25) is 0 Å². The van der Waals surface area contributed by atoms with Gasteiger partial charge in [0.05, 0.1) is 24.1 Å². The quantitative estimate of drug-likeness (QED) is 0.384. The monoisotopic (exact) mass is 497 g/mol. The Kier molecular flexibility index (Phi) is 8.40. The van der Waals surface area contributed by atoms with Crippen LogP contribution in [0.5, 0.6) is 11.5 Å². The molecule has 2 aromatic heterocycles. The molecule has 3 heterocycles. The van der Waals surface area contributed by atoms with Crippen LogP contribution in [-0.2, 0) is 4.74 Å². The number of hydrogen-bond acceptors (Lipinski definition) is 10. The van der Waals surface area contributed by atoms with Crippen molar-refractivity contribution in [3.63, 3.8) is 0 Å². The van der Waals surface area contributed by atoms with E-state index in [0.717, 1.165) is 60.0 Å². The lowest BCUT2D eigenvalue weighted by Crippen LogP contribution is -2.29. The highest BCUT2D eigenvalue weighted by atomic mass is 16.5. The molecule has 10 heteroatoms. The summed E-state index contributed by atoms with van der Waals surface area (Å²) < 4.78 is 22.4. The molecule has 1 aliphatic heterocycles. The Morgan fingerprint density at radius 1 is 1.11 bits per heavy atom. The third-order valence-corrected chi connectivity index (χ3v) is 6.23. The standard InChI is InChI=1S/C26H35N5O5/c1-15-24(23-16(2)31-36-17(23)3)29-26(30-25(15)28-19-6-8-34-9-7-19)18-10-21(33-5)12-22(11-18)35-14-20(32)13-27-4/h10-12,19-20,27,32H,6-9,13-14H2,1-5H3,(H,28,29,30). The predicted molar refractivity (Wildman–Crippen MR) is 137 cm³/mol. The minimum absolute atomic E-state index is 0.142. The molecule has 10 nitrogen and oxygen atoms in total. The molecule has 3 N–H and O–H groups in total. The summed E-state index contributed by atoms with van der Waals surface area (Å²) in [6.45, 7) is 7.82. The fraction of sp³-hybridized carbons (Fsp3) is 0.500. The molecule has 0 spiro atoms. The van der Waals surface area contributed by atoms with Crippen molar-refractivity contribution in [3.8, 4) is 34.1 Å². The average molecular weight is 498 g/mol. The summed E-state index contributed by atoms with van der Waals surface area (Å²) in [5.74, 6) is 3.14. The van der Waals surface area contributed by atoms with Gasteiger partial charge in [-0.2, -0.15) is 0 Å². The largest absolute Gasteiger partial charge is 0.497 e. The maximum atomic E-state index is 10.1. The number of ether oxygens (including phenoxy) is 3. The number of aromatic nitrogens is 3. The van der Waals surface area contributed by atoms with Gasteiger partial charge in [-0.15, -0.1) is 0 Å². The van der Waals surface area contributed by atoms with Crippen LogP contribution in [0.2, 0.25) is 0 Å². The Labute approximate surface area is 211 Å². The molecule has 1 fully saturated rings. The second-order valence-electron chi connectivity index (χ2n) is 9.02. The second-order valence-corrected chi connectivity index (χ2v) is 9.02. The number of methoxy groups -OCH3 is 1. The zero-order valence-electron chi connectivity index (χ0n) is 21.6. The number of aryl methyl sites for hydroxylation is 2. The number of likely N-dealkylation sites (N-methyl/N-ethyl adjacent to an activating group) is 1. The molecule has 0 saturated carbocycles. The fourth-order valence-electron chi connectivity index (χ4n) is 4.28. The Balaban J connectivity index is 1.77. The van der Waals surface area contributed by atoms with Gasteiger partial charge in [-0.25, -0.2) is 9.97 Å². The molecule has 1 saturated heterocycles. The number of hydrogen-bond donors (Lipinski definition) is 3. The molecule has 0 radical (unpaired) electrons. The average Bonchev–Trinajstić information content (AvgIpc) is 3.22. The third kappa shape index (κ3) is 5.95. The van der Waals surface area contributed by atoms with Crippen LogP contribution in [0.4, 0.5) is 5.82 Å². The first-order valence-electron chi connectivity index (χ1n) is 12.2. The van der Waals surface area contributed by atoms with Crippen molar-refractivity contribution in [2.45, 2.75) is 45.8 Å². The summed E-state index contributed by atoms with van der Waals surface area (Å²) >= 11 is 0. The normalized spacial score (nSPS) is 15.1. The fourth-order valence-corrected chi connectivity index (χ4v) is 4.28. The lowest BCUT2D eigenvalue weighted by Gasteiger charge is -2.25. The Morgan fingerprint density at radius 3 is 2.53 bits per heavy atom. The van der Waals surface area contributed by atoms with Crippen molar-refractivity contribution in [2.75, 3.05) is 45.8 Å². The van der Waals surface area contributed by atoms with Gasteiger partial charge in [0, 0.05) is 43.0 Å². The van der Waals surface area contributed by atoms with E-state index in [4.69, 9.17) is 28.7 Å². The number of nitrogens with one attached hydrogen (secondary N) is 2. The predicted octanol–water partition coefficient (Wildman–Crippen LogP) is 3.28. The Hall–Kier alpha value is -3.21. The van der Waals surface area contributed by atoms with E-state index in [9.17, 15) is 5.11 Å². The molecule has 194 valence electrons. The minimum atomic E-state index is -0.637. The summed E-state index contributed by atoms with van der Waals surface area (Å²) in [7, 11) is 3.38. The number of benzene rings is 1. The molecular formula is C26H35N5O5. The van der Waals surface area contributed by atoms with Crippen molar-refractivity contribution >= 4 is 5.82 Å². The van der Waals surface area contributed by atoms with Crippen molar-refractivity contribution in [1.82, 2.24) is 20.4 Å². The van der Waals surface area contributed by atoms with Crippen LogP contribution in [0, 0.1) is 20.8 Å². The van der Waals surface area contributed by atoms with Crippen molar-refractivity contribution in [2.24, 2.45) is 0 Å². The van der Waals surface area contributed by atoms with Crippen LogP contribution in [0.1, 0.15) is 29.9 Å². The molecule has 1 atom stereocenters. The molecule has 36 heavy (non-hydrogen) atoms. The first-order valence-corrected chi connectivity index (χ1v) is 12.2. The van der Waals surface area contributed by atoms with Gasteiger partial charge in [0.25, 0.3) is 0 Å². The molecule has 1 aromatic carbocycles. The molecular weight excluding hydrogens is 462 g/mol. The Morgan fingerprint density at radius 2 is 1.86 bits per heavy atom. The smallest absolute Gasteiger partial charge is 0.162 e. The lowest BCUT2D eigenvalue weighted by atomic mass is 10.0. The van der Waals surface area contributed by atoms with E-state index in [1.165, 1.54) is 0 Å². The summed E-state index contributed by atoms with van der Waals surface area (Å²) in [4.78, 5) is 9.88. The molecule has 1 aliphatic rings. The van der Waals surface area contributed by atoms with Gasteiger partial charge in [-0.05, 0) is 52.8 Å². The highest BCUT2D eigenvalue weighted by molar-refractivity contribution is 5.75. The molecule has 0 aliphatic carbocycles. The second kappa shape index (κ2) is 11.7. The summed E-state index contributed by atoms with van der Waals surface area (Å²) in [6.07, 6.45) is 1.18. The zero-order valence-corrected chi connectivity index (χ0v) is 21.6. The van der Waals surface area contributed by atoms with E-state index < -0.39 is 6.10 Å². The molecule has 0 amide bonds. The molecule has 4 rings (SSSR count). The number of aliphatic hydroxyl groups excluding tert-OH is 1. The lowest BCUT2D eigenvalue weighted by molar-refractivity contribution is 0.0904. The van der Waals surface area contributed by atoms with E-state index in [1.54, 1.807) is 20.2 Å². The first kappa shape index (κ1) is 25.9. The maximum Gasteiger partial charge on any atom is 0.162 e. The van der Waals surface area contributed by atoms with Crippen LogP contribution >= 0.6 is 0 Å². The van der Waals surface area contributed by atoms with Gasteiger partial charge in [-0.3, -0.25) is 0 Å². The van der Waals surface area contributed by atoms with Gasteiger partial charge in [0.1, 0.15) is 35.8 Å². The Bertz CT molecular complexity index is 1160. The van der Waals surface area contributed by atoms with E-state index in [2.05, 4.69) is 15.8 Å². The molecule has 1 unspecified atom stereocenters. The van der Waals surface area contributed by atoms with E-state index in [1.807, 2.05) is 32.9 Å². The van der Waals surface area contributed by atoms with Crippen LogP contribution in [0.25, 0.3) is 22.6 Å². The highest BCUT2D eigenvalue weighted by Crippen LogP contribution is 2.35. The number of nitrogens with zero attached hydrogens (tertiary/aromatic N) is 3. The van der Waals surface area contributed by atoms with Crippen LogP contribution in [0.3, 0.4) is 0 Å².